The molecule has 1 saturated heterocycles. The van der Waals surface area contributed by atoms with Crippen molar-refractivity contribution >= 4 is 23.4 Å². The van der Waals surface area contributed by atoms with Crippen molar-refractivity contribution in [3.63, 3.8) is 0 Å². The summed E-state index contributed by atoms with van der Waals surface area (Å²) in [5, 5.41) is 3.35. The Labute approximate surface area is 174 Å². The summed E-state index contributed by atoms with van der Waals surface area (Å²) in [5.41, 5.74) is 0.407. The third-order valence-electron chi connectivity index (χ3n) is 4.79. The summed E-state index contributed by atoms with van der Waals surface area (Å²) in [6, 6.07) is 6.53. The molecule has 1 N–H and O–H groups in total. The van der Waals surface area contributed by atoms with Crippen molar-refractivity contribution < 1.29 is 23.5 Å². The molecule has 2 amide bonds. The Bertz CT molecular complexity index is 845. The number of hydrogen-bond acceptors (Lipinski definition) is 5. The molecule has 7 nitrogen and oxygen atoms in total. The number of carbonyl (C=O) groups is 2. The van der Waals surface area contributed by atoms with E-state index < -0.39 is 0 Å². The van der Waals surface area contributed by atoms with Gasteiger partial charge in [0, 0.05) is 24.7 Å². The first-order valence-corrected chi connectivity index (χ1v) is 10.0. The van der Waals surface area contributed by atoms with E-state index in [0.29, 0.717) is 60.4 Å². The zero-order chi connectivity index (χ0) is 20.8. The van der Waals surface area contributed by atoms with Crippen molar-refractivity contribution in [1.29, 1.82) is 0 Å². The van der Waals surface area contributed by atoms with Gasteiger partial charge in [-0.25, -0.2) is 0 Å². The summed E-state index contributed by atoms with van der Waals surface area (Å²) in [5.74, 6) is 0.842. The van der Waals surface area contributed by atoms with Gasteiger partial charge in [-0.15, -0.1) is 0 Å². The normalized spacial score (nSPS) is 14.5. The second-order valence-electron chi connectivity index (χ2n) is 6.86. The van der Waals surface area contributed by atoms with Gasteiger partial charge in [0.2, 0.25) is 0 Å². The SMILES string of the molecule is CCCOc1c(Cl)cc(C(=O)NC2CCN(C(=O)c3ccco3)CC2)cc1OC. The highest BCUT2D eigenvalue weighted by molar-refractivity contribution is 6.32. The fraction of sp³-hybridized carbons (Fsp3) is 0.429. The number of likely N-dealkylation sites (tertiary alicyclic amines) is 1. The van der Waals surface area contributed by atoms with Crippen LogP contribution in [0.15, 0.2) is 34.9 Å². The Morgan fingerprint density at radius 1 is 1.31 bits per heavy atom. The molecule has 0 saturated carbocycles. The predicted octanol–water partition coefficient (Wildman–Crippen LogP) is 3.77. The number of ether oxygens (including phenoxy) is 2. The molecule has 1 aliphatic rings. The standard InChI is InChI=1S/C21H25ClN2O5/c1-3-10-29-19-16(22)12-14(13-18(19)27-2)20(25)23-15-6-8-24(9-7-15)21(26)17-5-4-11-28-17/h4-5,11-13,15H,3,6-10H2,1-2H3,(H,23,25). The van der Waals surface area contributed by atoms with Crippen molar-refractivity contribution in [3.8, 4) is 11.5 Å². The first-order chi connectivity index (χ1) is 14.0. The van der Waals surface area contributed by atoms with Crippen LogP contribution in [0.4, 0.5) is 0 Å². The third-order valence-corrected chi connectivity index (χ3v) is 5.07. The molecule has 1 fully saturated rings. The van der Waals surface area contributed by atoms with Gasteiger partial charge in [0.15, 0.2) is 17.3 Å². The van der Waals surface area contributed by atoms with Gasteiger partial charge in [-0.05, 0) is 43.5 Å². The topological polar surface area (TPSA) is 81.0 Å². The number of hydrogen-bond donors (Lipinski definition) is 1. The van der Waals surface area contributed by atoms with E-state index in [1.165, 1.54) is 13.4 Å². The Morgan fingerprint density at radius 3 is 2.69 bits per heavy atom. The van der Waals surface area contributed by atoms with Gasteiger partial charge in [-0.3, -0.25) is 9.59 Å². The second-order valence-corrected chi connectivity index (χ2v) is 7.26. The molecule has 1 aromatic heterocycles. The van der Waals surface area contributed by atoms with E-state index in [0.717, 1.165) is 6.42 Å². The summed E-state index contributed by atoms with van der Waals surface area (Å²) >= 11 is 6.30. The quantitative estimate of drug-likeness (QED) is 0.737. The lowest BCUT2D eigenvalue weighted by molar-refractivity contribution is 0.0667. The van der Waals surface area contributed by atoms with Gasteiger partial charge in [0.05, 0.1) is 25.0 Å². The molecule has 3 rings (SSSR count). The molecule has 0 unspecified atom stereocenters. The Kier molecular flexibility index (Phi) is 7.04. The summed E-state index contributed by atoms with van der Waals surface area (Å²) in [7, 11) is 1.51. The number of methoxy groups -OCH3 is 1. The van der Waals surface area contributed by atoms with Gasteiger partial charge < -0.3 is 24.1 Å². The van der Waals surface area contributed by atoms with Crippen LogP contribution in [-0.4, -0.2) is 49.6 Å². The molecule has 0 radical (unpaired) electrons. The second kappa shape index (κ2) is 9.69. The lowest BCUT2D eigenvalue weighted by Crippen LogP contribution is -2.46. The molecule has 29 heavy (non-hydrogen) atoms. The minimum atomic E-state index is -0.233. The van der Waals surface area contributed by atoms with Gasteiger partial charge in [-0.1, -0.05) is 18.5 Å². The third kappa shape index (κ3) is 5.03. The average molecular weight is 421 g/mol. The van der Waals surface area contributed by atoms with Crippen LogP contribution >= 0.6 is 11.6 Å². The maximum Gasteiger partial charge on any atom is 0.289 e. The molecular formula is C21H25ClN2O5. The largest absolute Gasteiger partial charge is 0.493 e. The van der Waals surface area contributed by atoms with Crippen molar-refractivity contribution in [1.82, 2.24) is 10.2 Å². The van der Waals surface area contributed by atoms with E-state index in [2.05, 4.69) is 5.32 Å². The highest BCUT2D eigenvalue weighted by atomic mass is 35.5. The van der Waals surface area contributed by atoms with E-state index >= 15 is 0 Å². The minimum Gasteiger partial charge on any atom is -0.493 e. The molecule has 0 bridgehead atoms. The van der Waals surface area contributed by atoms with Crippen LogP contribution in [0.1, 0.15) is 47.1 Å². The highest BCUT2D eigenvalue weighted by Gasteiger charge is 2.26. The zero-order valence-corrected chi connectivity index (χ0v) is 17.3. The van der Waals surface area contributed by atoms with Gasteiger partial charge in [-0.2, -0.15) is 0 Å². The molecule has 156 valence electrons. The molecule has 0 aliphatic carbocycles. The Hall–Kier alpha value is -2.67. The predicted molar refractivity (Wildman–Crippen MR) is 109 cm³/mol. The van der Waals surface area contributed by atoms with Crippen LogP contribution in [-0.2, 0) is 0 Å². The van der Waals surface area contributed by atoms with Gasteiger partial charge in [0.25, 0.3) is 11.8 Å². The summed E-state index contributed by atoms with van der Waals surface area (Å²) in [4.78, 5) is 26.8. The van der Waals surface area contributed by atoms with Crippen LogP contribution < -0.4 is 14.8 Å². The number of benzene rings is 1. The zero-order valence-electron chi connectivity index (χ0n) is 16.6. The molecule has 0 atom stereocenters. The average Bonchev–Trinajstić information content (AvgIpc) is 3.27. The summed E-state index contributed by atoms with van der Waals surface area (Å²) < 4.78 is 16.1. The van der Waals surface area contributed by atoms with Gasteiger partial charge in [0.1, 0.15) is 0 Å². The number of carbonyl (C=O) groups excluding carboxylic acids is 2. The molecule has 2 heterocycles. The highest BCUT2D eigenvalue weighted by Crippen LogP contribution is 2.36. The van der Waals surface area contributed by atoms with Crippen LogP contribution in [0.25, 0.3) is 0 Å². The number of rotatable bonds is 7. The Morgan fingerprint density at radius 2 is 2.07 bits per heavy atom. The van der Waals surface area contributed by atoms with E-state index in [-0.39, 0.29) is 17.9 Å². The van der Waals surface area contributed by atoms with Crippen LogP contribution in [0.2, 0.25) is 5.02 Å². The van der Waals surface area contributed by atoms with E-state index in [1.807, 2.05) is 6.92 Å². The molecule has 1 aliphatic heterocycles. The van der Waals surface area contributed by atoms with Crippen molar-refractivity contribution in [2.24, 2.45) is 0 Å². The van der Waals surface area contributed by atoms with Crippen molar-refractivity contribution in [2.75, 3.05) is 26.8 Å². The Balaban J connectivity index is 1.59. The van der Waals surface area contributed by atoms with Crippen LogP contribution in [0.5, 0.6) is 11.5 Å². The monoisotopic (exact) mass is 420 g/mol. The number of nitrogens with one attached hydrogen (secondary N) is 1. The van der Waals surface area contributed by atoms with Crippen LogP contribution in [0, 0.1) is 0 Å². The van der Waals surface area contributed by atoms with E-state index in [1.54, 1.807) is 29.2 Å². The molecule has 2 aromatic rings. The molecular weight excluding hydrogens is 396 g/mol. The molecule has 0 spiro atoms. The molecule has 1 aromatic carbocycles. The van der Waals surface area contributed by atoms with E-state index in [9.17, 15) is 9.59 Å². The van der Waals surface area contributed by atoms with E-state index in [4.69, 9.17) is 25.5 Å². The summed E-state index contributed by atoms with van der Waals surface area (Å²) in [6.07, 6.45) is 3.66. The van der Waals surface area contributed by atoms with Gasteiger partial charge >= 0.3 is 0 Å². The van der Waals surface area contributed by atoms with Crippen molar-refractivity contribution in [2.45, 2.75) is 32.2 Å². The minimum absolute atomic E-state index is 0.0241. The fourth-order valence-electron chi connectivity index (χ4n) is 3.25. The number of amides is 2. The maximum atomic E-state index is 12.7. The number of furan rings is 1. The maximum absolute atomic E-state index is 12.7. The number of piperidine rings is 1. The van der Waals surface area contributed by atoms with Crippen molar-refractivity contribution in [3.05, 3.63) is 46.9 Å². The fourth-order valence-corrected chi connectivity index (χ4v) is 3.51. The molecule has 8 heteroatoms. The van der Waals surface area contributed by atoms with Crippen LogP contribution in [0.3, 0.4) is 0 Å². The summed E-state index contributed by atoms with van der Waals surface area (Å²) in [6.45, 7) is 3.61. The smallest absolute Gasteiger partial charge is 0.289 e. The number of halogens is 1. The number of nitrogens with zero attached hydrogens (tertiary/aromatic N) is 1. The lowest BCUT2D eigenvalue weighted by atomic mass is 10.0. The first-order valence-electron chi connectivity index (χ1n) is 9.67. The first kappa shape index (κ1) is 21.0. The lowest BCUT2D eigenvalue weighted by Gasteiger charge is -2.32.